The van der Waals surface area contributed by atoms with Crippen molar-refractivity contribution in [3.63, 3.8) is 0 Å². The quantitative estimate of drug-likeness (QED) is 0.944. The molecule has 1 amide bonds. The van der Waals surface area contributed by atoms with E-state index < -0.39 is 15.7 Å². The average molecular weight is 311 g/mol. The Kier molecular flexibility index (Phi) is 4.06. The molecule has 0 bridgehead atoms. The van der Waals surface area contributed by atoms with Gasteiger partial charge in [-0.15, -0.1) is 0 Å². The van der Waals surface area contributed by atoms with Crippen molar-refractivity contribution in [3.05, 3.63) is 53.2 Å². The van der Waals surface area contributed by atoms with E-state index in [4.69, 9.17) is 11.6 Å². The fraction of sp³-hybridized carbons (Fsp3) is 0.0769. The lowest BCUT2D eigenvalue weighted by Crippen LogP contribution is -2.13. The molecule has 7 heteroatoms. The molecule has 5 nitrogen and oxygen atoms in total. The Morgan fingerprint density at radius 3 is 2.40 bits per heavy atom. The van der Waals surface area contributed by atoms with E-state index in [1.54, 1.807) is 12.1 Å². The van der Waals surface area contributed by atoms with E-state index >= 15 is 0 Å². The number of amides is 1. The fourth-order valence-electron chi connectivity index (χ4n) is 1.51. The minimum atomic E-state index is -3.28. The van der Waals surface area contributed by atoms with Crippen LogP contribution in [-0.2, 0) is 9.84 Å². The summed E-state index contributed by atoms with van der Waals surface area (Å²) in [6.45, 7) is 0. The molecule has 0 aliphatic rings. The lowest BCUT2D eigenvalue weighted by atomic mass is 10.2. The van der Waals surface area contributed by atoms with Crippen molar-refractivity contribution in [1.82, 2.24) is 4.98 Å². The summed E-state index contributed by atoms with van der Waals surface area (Å²) < 4.78 is 22.6. The Morgan fingerprint density at radius 1 is 1.20 bits per heavy atom. The Morgan fingerprint density at radius 2 is 1.85 bits per heavy atom. The van der Waals surface area contributed by atoms with Gasteiger partial charge in [-0.25, -0.2) is 13.4 Å². The minimum absolute atomic E-state index is 0.157. The Hall–Kier alpha value is -1.92. The molecule has 0 fully saturated rings. The summed E-state index contributed by atoms with van der Waals surface area (Å²) in [5.74, 6) is -0.156. The first-order valence-corrected chi connectivity index (χ1v) is 7.87. The van der Waals surface area contributed by atoms with Crippen LogP contribution >= 0.6 is 11.6 Å². The maximum absolute atomic E-state index is 12.0. The summed E-state index contributed by atoms with van der Waals surface area (Å²) in [6.07, 6.45) is 2.62. The molecule has 104 valence electrons. The second-order valence-corrected chi connectivity index (χ2v) is 6.51. The van der Waals surface area contributed by atoms with Crippen LogP contribution in [0.2, 0.25) is 5.02 Å². The molecule has 0 saturated heterocycles. The number of nitrogens with one attached hydrogen (secondary N) is 1. The molecule has 0 aliphatic carbocycles. The number of hydrogen-bond acceptors (Lipinski definition) is 4. The molecule has 0 saturated carbocycles. The number of carbonyl (C=O) groups is 1. The van der Waals surface area contributed by atoms with Gasteiger partial charge in [0.05, 0.1) is 9.92 Å². The topological polar surface area (TPSA) is 76.1 Å². The predicted octanol–water partition coefficient (Wildman–Crippen LogP) is 2.39. The van der Waals surface area contributed by atoms with Crippen LogP contribution in [0.1, 0.15) is 10.4 Å². The molecule has 1 aromatic heterocycles. The fourth-order valence-corrected chi connectivity index (χ4v) is 2.31. The smallest absolute Gasteiger partial charge is 0.256 e. The van der Waals surface area contributed by atoms with Crippen molar-refractivity contribution in [2.75, 3.05) is 11.6 Å². The zero-order chi connectivity index (χ0) is 14.8. The van der Waals surface area contributed by atoms with Crippen molar-refractivity contribution in [2.24, 2.45) is 0 Å². The highest BCUT2D eigenvalue weighted by molar-refractivity contribution is 7.90. The lowest BCUT2D eigenvalue weighted by molar-refractivity contribution is 0.102. The Bertz CT molecular complexity index is 742. The third-order valence-electron chi connectivity index (χ3n) is 2.54. The molecular formula is C13H11ClN2O3S. The molecule has 1 aromatic carbocycles. The summed E-state index contributed by atoms with van der Waals surface area (Å²) in [5, 5.41) is 2.88. The van der Waals surface area contributed by atoms with E-state index in [-0.39, 0.29) is 10.7 Å². The number of benzene rings is 1. The van der Waals surface area contributed by atoms with E-state index in [1.165, 1.54) is 30.5 Å². The monoisotopic (exact) mass is 310 g/mol. The first-order chi connectivity index (χ1) is 9.38. The lowest BCUT2D eigenvalue weighted by Gasteiger charge is -2.06. The second-order valence-electron chi connectivity index (χ2n) is 4.08. The number of halogens is 1. The molecule has 0 atom stereocenters. The maximum atomic E-state index is 12.0. The highest BCUT2D eigenvalue weighted by Gasteiger charge is 2.11. The zero-order valence-corrected chi connectivity index (χ0v) is 12.1. The van der Waals surface area contributed by atoms with E-state index in [1.807, 2.05) is 0 Å². The standard InChI is InChI=1S/C13H11ClN2O3S/c1-20(18,19)10-6-4-9(5-7-10)13(17)16-12-11(14)3-2-8-15-12/h2-8H,1H3,(H,15,16,17). The first-order valence-electron chi connectivity index (χ1n) is 5.60. The summed E-state index contributed by atoms with van der Waals surface area (Å²) in [6, 6.07) is 8.88. The molecule has 1 heterocycles. The van der Waals surface area contributed by atoms with Crippen LogP contribution in [0.5, 0.6) is 0 Å². The second kappa shape index (κ2) is 5.60. The average Bonchev–Trinajstić information content (AvgIpc) is 2.40. The van der Waals surface area contributed by atoms with Gasteiger partial charge in [0.2, 0.25) is 0 Å². The predicted molar refractivity (Wildman–Crippen MR) is 76.8 cm³/mol. The van der Waals surface area contributed by atoms with Crippen LogP contribution in [-0.4, -0.2) is 25.6 Å². The number of pyridine rings is 1. The minimum Gasteiger partial charge on any atom is -0.305 e. The van der Waals surface area contributed by atoms with Crippen molar-refractivity contribution in [3.8, 4) is 0 Å². The van der Waals surface area contributed by atoms with E-state index in [9.17, 15) is 13.2 Å². The van der Waals surface area contributed by atoms with Gasteiger partial charge in [-0.3, -0.25) is 4.79 Å². The van der Waals surface area contributed by atoms with Gasteiger partial charge in [0.1, 0.15) is 0 Å². The van der Waals surface area contributed by atoms with Gasteiger partial charge >= 0.3 is 0 Å². The highest BCUT2D eigenvalue weighted by Crippen LogP contribution is 2.18. The number of rotatable bonds is 3. The van der Waals surface area contributed by atoms with Crippen LogP contribution in [0.25, 0.3) is 0 Å². The highest BCUT2D eigenvalue weighted by atomic mass is 35.5. The van der Waals surface area contributed by atoms with Crippen LogP contribution in [0, 0.1) is 0 Å². The molecule has 0 spiro atoms. The molecule has 1 N–H and O–H groups in total. The van der Waals surface area contributed by atoms with E-state index in [2.05, 4.69) is 10.3 Å². The summed E-state index contributed by atoms with van der Waals surface area (Å²) in [4.78, 5) is 16.1. The Balaban J connectivity index is 2.20. The van der Waals surface area contributed by atoms with Crippen molar-refractivity contribution < 1.29 is 13.2 Å². The molecule has 2 rings (SSSR count). The van der Waals surface area contributed by atoms with E-state index in [0.717, 1.165) is 6.26 Å². The van der Waals surface area contributed by atoms with Gasteiger partial charge in [0.25, 0.3) is 5.91 Å². The van der Waals surface area contributed by atoms with Gasteiger partial charge in [-0.1, -0.05) is 11.6 Å². The van der Waals surface area contributed by atoms with Gasteiger partial charge < -0.3 is 5.32 Å². The first kappa shape index (κ1) is 14.5. The molecule has 0 aliphatic heterocycles. The van der Waals surface area contributed by atoms with Crippen LogP contribution < -0.4 is 5.32 Å². The van der Waals surface area contributed by atoms with E-state index in [0.29, 0.717) is 10.6 Å². The number of carbonyl (C=O) groups excluding carboxylic acids is 1. The van der Waals surface area contributed by atoms with Gasteiger partial charge in [0.15, 0.2) is 15.7 Å². The number of aromatic nitrogens is 1. The van der Waals surface area contributed by atoms with Crippen LogP contribution in [0.4, 0.5) is 5.82 Å². The van der Waals surface area contributed by atoms with Crippen molar-refractivity contribution in [2.45, 2.75) is 4.90 Å². The van der Waals surface area contributed by atoms with Crippen LogP contribution in [0.15, 0.2) is 47.5 Å². The van der Waals surface area contributed by atoms with Gasteiger partial charge in [-0.2, -0.15) is 0 Å². The summed E-state index contributed by atoms with van der Waals surface area (Å²) >= 11 is 5.88. The largest absolute Gasteiger partial charge is 0.305 e. The van der Waals surface area contributed by atoms with Crippen molar-refractivity contribution >= 4 is 33.2 Å². The number of hydrogen-bond donors (Lipinski definition) is 1. The number of anilines is 1. The third kappa shape index (κ3) is 3.34. The Labute approximate surface area is 121 Å². The zero-order valence-electron chi connectivity index (χ0n) is 10.5. The molecule has 0 unspecified atom stereocenters. The summed E-state index contributed by atoms with van der Waals surface area (Å²) in [5.41, 5.74) is 0.319. The summed E-state index contributed by atoms with van der Waals surface area (Å²) in [7, 11) is -3.28. The maximum Gasteiger partial charge on any atom is 0.256 e. The SMILES string of the molecule is CS(=O)(=O)c1ccc(C(=O)Nc2ncccc2Cl)cc1. The molecule has 20 heavy (non-hydrogen) atoms. The molecule has 2 aromatic rings. The van der Waals surface area contributed by atoms with Crippen LogP contribution in [0.3, 0.4) is 0 Å². The van der Waals surface area contributed by atoms with Gasteiger partial charge in [-0.05, 0) is 36.4 Å². The molecule has 0 radical (unpaired) electrons. The molecular weight excluding hydrogens is 300 g/mol. The van der Waals surface area contributed by atoms with Crippen molar-refractivity contribution in [1.29, 1.82) is 0 Å². The number of nitrogens with zero attached hydrogens (tertiary/aromatic N) is 1. The van der Waals surface area contributed by atoms with Gasteiger partial charge in [0, 0.05) is 18.0 Å². The normalized spacial score (nSPS) is 11.1. The third-order valence-corrected chi connectivity index (χ3v) is 3.97. The number of sulfone groups is 1.